The summed E-state index contributed by atoms with van der Waals surface area (Å²) in [4.78, 5) is 10.4. The predicted octanol–water partition coefficient (Wildman–Crippen LogP) is 11.5. The van der Waals surface area contributed by atoms with Crippen molar-refractivity contribution in [2.24, 2.45) is 9.98 Å². The summed E-state index contributed by atoms with van der Waals surface area (Å²) in [6.45, 7) is 27.1. The highest BCUT2D eigenvalue weighted by Crippen LogP contribution is 2.40. The van der Waals surface area contributed by atoms with E-state index in [9.17, 15) is 0 Å². The Balaban J connectivity index is 1.02. The average molecular weight is 869 g/mol. The van der Waals surface area contributed by atoms with Gasteiger partial charge in [0.2, 0.25) is 13.4 Å². The van der Waals surface area contributed by atoms with E-state index in [1.807, 2.05) is 0 Å². The lowest BCUT2D eigenvalue weighted by atomic mass is 9.33. The Kier molecular flexibility index (Phi) is 12.5. The number of benzene rings is 8. The van der Waals surface area contributed by atoms with Crippen LogP contribution in [0, 0.1) is 83.1 Å². The molecule has 0 saturated carbocycles. The summed E-state index contributed by atoms with van der Waals surface area (Å²) in [5.41, 5.74) is 33.2. The van der Waals surface area contributed by atoms with Crippen LogP contribution in [0.5, 0.6) is 0 Å². The molecule has 0 aliphatic heterocycles. The summed E-state index contributed by atoms with van der Waals surface area (Å²) in [5.74, 6) is 0. The summed E-state index contributed by atoms with van der Waals surface area (Å²) < 4.78 is 0. The molecule has 8 aromatic carbocycles. The standard InChI is InChI=1S/C63H62B2N2/c1-38-25-42(5)60(43(6)26-38)64(61-44(7)27-39(2)28-45(61)8)58-19-15-13-17-50(58)36-66-54-21-23-56-52(34-54)33-53-35-55(22-24-57(53)56)67-37-51-18-14-16-20-59(51)65(62-46(9)29-40(3)30-47(62)10)63-48(11)31-41(4)32-49(63)12/h13-32,34-37H,33H2,1-12H3. The zero-order valence-corrected chi connectivity index (χ0v) is 41.6. The van der Waals surface area contributed by atoms with Gasteiger partial charge < -0.3 is 0 Å². The van der Waals surface area contributed by atoms with Gasteiger partial charge in [0, 0.05) is 12.4 Å². The molecule has 2 nitrogen and oxygen atoms in total. The Morgan fingerprint density at radius 3 is 0.925 bits per heavy atom. The van der Waals surface area contributed by atoms with E-state index in [1.165, 1.54) is 122 Å². The Bertz CT molecular complexity index is 2890. The van der Waals surface area contributed by atoms with Crippen molar-refractivity contribution in [3.63, 3.8) is 0 Å². The fourth-order valence-corrected chi connectivity index (χ4v) is 11.9. The van der Waals surface area contributed by atoms with E-state index in [-0.39, 0.29) is 13.4 Å². The molecular formula is C63H62B2N2. The summed E-state index contributed by atoms with van der Waals surface area (Å²) in [5, 5.41) is 0. The van der Waals surface area contributed by atoms with Crippen LogP contribution in [-0.4, -0.2) is 25.9 Å². The second kappa shape index (κ2) is 18.5. The largest absolute Gasteiger partial charge is 0.256 e. The lowest BCUT2D eigenvalue weighted by Crippen LogP contribution is -2.56. The number of rotatable bonds is 10. The fourth-order valence-electron chi connectivity index (χ4n) is 11.9. The second-order valence-corrected chi connectivity index (χ2v) is 19.7. The molecule has 67 heavy (non-hydrogen) atoms. The van der Waals surface area contributed by atoms with Gasteiger partial charge in [0.15, 0.2) is 0 Å². The Labute approximate surface area is 401 Å². The molecule has 0 saturated heterocycles. The van der Waals surface area contributed by atoms with Gasteiger partial charge in [-0.15, -0.1) is 0 Å². The topological polar surface area (TPSA) is 24.7 Å². The number of nitrogens with zero attached hydrogens (tertiary/aromatic N) is 2. The van der Waals surface area contributed by atoms with E-state index >= 15 is 0 Å². The van der Waals surface area contributed by atoms with Crippen LogP contribution in [-0.2, 0) is 6.42 Å². The SMILES string of the molecule is Cc1cc(C)c(B(c2ccccc2C=Nc2ccc3c(c2)Cc2cc(N=Cc4ccccc4B(c4c(C)cc(C)cc4C)c4c(C)cc(C)cc4C)ccc2-3)c2c(C)cc(C)cc2C)c(C)c1. The molecule has 0 N–H and O–H groups in total. The molecule has 8 aromatic rings. The van der Waals surface area contributed by atoms with E-state index in [0.717, 1.165) is 28.9 Å². The normalized spacial score (nSPS) is 12.0. The molecule has 0 heterocycles. The van der Waals surface area contributed by atoms with Gasteiger partial charge >= 0.3 is 0 Å². The first-order valence-electron chi connectivity index (χ1n) is 24.0. The van der Waals surface area contributed by atoms with Crippen molar-refractivity contribution in [2.75, 3.05) is 0 Å². The van der Waals surface area contributed by atoms with Gasteiger partial charge in [-0.25, -0.2) is 0 Å². The van der Waals surface area contributed by atoms with Gasteiger partial charge in [0.25, 0.3) is 0 Å². The van der Waals surface area contributed by atoms with Gasteiger partial charge in [-0.1, -0.05) is 209 Å². The van der Waals surface area contributed by atoms with Crippen molar-refractivity contribution in [1.29, 1.82) is 0 Å². The number of fused-ring (bicyclic) bond motifs is 3. The smallest absolute Gasteiger partial charge is 0.243 e. The van der Waals surface area contributed by atoms with E-state index in [0.29, 0.717) is 0 Å². The predicted molar refractivity (Wildman–Crippen MR) is 294 cm³/mol. The molecule has 0 unspecified atom stereocenters. The number of aryl methyl sites for hydroxylation is 12. The molecule has 0 atom stereocenters. The van der Waals surface area contributed by atoms with E-state index in [4.69, 9.17) is 9.98 Å². The van der Waals surface area contributed by atoms with Gasteiger partial charge in [-0.3, -0.25) is 9.98 Å². The highest BCUT2D eigenvalue weighted by Gasteiger charge is 2.31. The quantitative estimate of drug-likeness (QED) is 0.0966. The van der Waals surface area contributed by atoms with Crippen molar-refractivity contribution >= 4 is 70.0 Å². The first-order valence-corrected chi connectivity index (χ1v) is 24.0. The van der Waals surface area contributed by atoms with Crippen LogP contribution in [0.25, 0.3) is 11.1 Å². The maximum atomic E-state index is 5.19. The Hall–Kier alpha value is -6.77. The lowest BCUT2D eigenvalue weighted by molar-refractivity contribution is 1.26. The van der Waals surface area contributed by atoms with Crippen LogP contribution in [0.15, 0.2) is 143 Å². The third-order valence-corrected chi connectivity index (χ3v) is 14.3. The average Bonchev–Trinajstić information content (AvgIpc) is 3.62. The lowest BCUT2D eigenvalue weighted by Gasteiger charge is -2.25. The van der Waals surface area contributed by atoms with Crippen molar-refractivity contribution in [2.45, 2.75) is 89.5 Å². The molecule has 0 amide bonds. The monoisotopic (exact) mass is 869 g/mol. The first-order chi connectivity index (χ1) is 32.1. The van der Waals surface area contributed by atoms with Crippen LogP contribution in [0.1, 0.15) is 89.0 Å². The molecule has 9 rings (SSSR count). The molecule has 1 aliphatic carbocycles. The third-order valence-electron chi connectivity index (χ3n) is 14.3. The molecule has 0 bridgehead atoms. The summed E-state index contributed by atoms with van der Waals surface area (Å²) in [7, 11) is 0. The van der Waals surface area contributed by atoms with Crippen molar-refractivity contribution < 1.29 is 0 Å². The van der Waals surface area contributed by atoms with Crippen LogP contribution in [0.2, 0.25) is 0 Å². The number of aliphatic imine (C=N–C) groups is 2. The highest BCUT2D eigenvalue weighted by molar-refractivity contribution is 6.97. The number of hydrogen-bond acceptors (Lipinski definition) is 2. The molecule has 1 aliphatic rings. The Morgan fingerprint density at radius 1 is 0.343 bits per heavy atom. The maximum absolute atomic E-state index is 5.19. The maximum Gasteiger partial charge on any atom is 0.243 e. The molecule has 0 radical (unpaired) electrons. The third kappa shape index (κ3) is 8.95. The van der Waals surface area contributed by atoms with Crippen LogP contribution < -0.4 is 32.8 Å². The molecule has 0 aromatic heterocycles. The molecule has 4 heteroatoms. The summed E-state index contributed by atoms with van der Waals surface area (Å²) >= 11 is 0. The van der Waals surface area contributed by atoms with Crippen molar-refractivity contribution in [3.8, 4) is 11.1 Å². The van der Waals surface area contributed by atoms with Crippen LogP contribution >= 0.6 is 0 Å². The van der Waals surface area contributed by atoms with E-state index in [1.54, 1.807) is 0 Å². The second-order valence-electron chi connectivity index (χ2n) is 19.7. The summed E-state index contributed by atoms with van der Waals surface area (Å²) in [6, 6.07) is 49.8. The van der Waals surface area contributed by atoms with Gasteiger partial charge in [-0.2, -0.15) is 0 Å². The Morgan fingerprint density at radius 2 is 0.627 bits per heavy atom. The van der Waals surface area contributed by atoms with Gasteiger partial charge in [-0.05, 0) is 147 Å². The molecular weight excluding hydrogens is 806 g/mol. The minimum Gasteiger partial charge on any atom is -0.256 e. The van der Waals surface area contributed by atoms with E-state index < -0.39 is 0 Å². The molecule has 0 spiro atoms. The minimum absolute atomic E-state index is 0.0771. The molecule has 330 valence electrons. The minimum atomic E-state index is 0.0771. The van der Waals surface area contributed by atoms with E-state index in [2.05, 4.69) is 229 Å². The fraction of sp³-hybridized carbons (Fsp3) is 0.206. The first kappa shape index (κ1) is 45.4. The van der Waals surface area contributed by atoms with Gasteiger partial charge in [0.1, 0.15) is 0 Å². The van der Waals surface area contributed by atoms with Crippen LogP contribution in [0.4, 0.5) is 11.4 Å². The highest BCUT2D eigenvalue weighted by atomic mass is 14.7. The van der Waals surface area contributed by atoms with Crippen molar-refractivity contribution in [1.82, 2.24) is 0 Å². The zero-order valence-electron chi connectivity index (χ0n) is 41.6. The summed E-state index contributed by atoms with van der Waals surface area (Å²) in [6.07, 6.45) is 5.02. The molecule has 0 fully saturated rings. The van der Waals surface area contributed by atoms with Gasteiger partial charge in [0.05, 0.1) is 11.4 Å². The zero-order chi connectivity index (χ0) is 47.3. The van der Waals surface area contributed by atoms with Crippen molar-refractivity contribution in [3.05, 3.63) is 222 Å². The van der Waals surface area contributed by atoms with Crippen LogP contribution in [0.3, 0.4) is 0 Å². The number of hydrogen-bond donors (Lipinski definition) is 0.